The highest BCUT2D eigenvalue weighted by Crippen LogP contribution is 2.28. The molecule has 0 bridgehead atoms. The highest BCUT2D eigenvalue weighted by atomic mass is 35.5. The fourth-order valence-corrected chi connectivity index (χ4v) is 1.96. The van der Waals surface area contributed by atoms with Crippen LogP contribution < -0.4 is 0 Å². The summed E-state index contributed by atoms with van der Waals surface area (Å²) >= 11 is 17.1. The predicted octanol–water partition coefficient (Wildman–Crippen LogP) is 3.85. The summed E-state index contributed by atoms with van der Waals surface area (Å²) in [4.78, 5) is 11.0. The molecule has 0 saturated carbocycles. The van der Waals surface area contributed by atoms with Gasteiger partial charge in [0.15, 0.2) is 5.78 Å². The highest BCUT2D eigenvalue weighted by Gasteiger charge is 2.11. The van der Waals surface area contributed by atoms with Crippen molar-refractivity contribution in [3.63, 3.8) is 0 Å². The van der Waals surface area contributed by atoms with Crippen LogP contribution in [0.25, 0.3) is 0 Å². The van der Waals surface area contributed by atoms with Crippen molar-refractivity contribution in [2.24, 2.45) is 0 Å². The number of Topliss-reactive ketones (excluding diaryl/α,β-unsaturated/α-hetero) is 1. The van der Waals surface area contributed by atoms with Gasteiger partial charge in [-0.2, -0.15) is 0 Å². The van der Waals surface area contributed by atoms with Gasteiger partial charge < -0.3 is 0 Å². The third kappa shape index (κ3) is 1.92. The van der Waals surface area contributed by atoms with Crippen molar-refractivity contribution in [2.75, 3.05) is 0 Å². The maximum absolute atomic E-state index is 11.0. The van der Waals surface area contributed by atoms with Crippen LogP contribution in [0, 0.1) is 0 Å². The smallest absolute Gasteiger partial charge is 0.162 e. The lowest BCUT2D eigenvalue weighted by Crippen LogP contribution is -1.94. The largest absolute Gasteiger partial charge is 0.294 e. The van der Waals surface area contributed by atoms with E-state index in [4.69, 9.17) is 34.8 Å². The van der Waals surface area contributed by atoms with E-state index >= 15 is 0 Å². The van der Waals surface area contributed by atoms with E-state index in [1.165, 1.54) is 19.1 Å². The molecular formula is C8H5Cl3O. The van der Waals surface area contributed by atoms with E-state index < -0.39 is 0 Å². The van der Waals surface area contributed by atoms with Crippen molar-refractivity contribution < 1.29 is 4.79 Å². The second-order valence-corrected chi connectivity index (χ2v) is 3.55. The minimum Gasteiger partial charge on any atom is -0.294 e. The molecule has 12 heavy (non-hydrogen) atoms. The van der Waals surface area contributed by atoms with E-state index in [0.717, 1.165) is 0 Å². The van der Waals surface area contributed by atoms with Crippen LogP contribution in [-0.2, 0) is 0 Å². The maximum atomic E-state index is 11.0. The summed E-state index contributed by atoms with van der Waals surface area (Å²) < 4.78 is 0. The molecule has 0 atom stereocenters. The molecule has 4 heteroatoms. The van der Waals surface area contributed by atoms with E-state index in [2.05, 4.69) is 0 Å². The fourth-order valence-electron chi connectivity index (χ4n) is 0.879. The summed E-state index contributed by atoms with van der Waals surface area (Å²) in [7, 11) is 0. The number of hydrogen-bond donors (Lipinski definition) is 0. The number of carbonyl (C=O) groups excluding carboxylic acids is 1. The molecule has 0 aliphatic rings. The third-order valence-corrected chi connectivity index (χ3v) is 2.17. The Balaban J connectivity index is 3.38. The van der Waals surface area contributed by atoms with Gasteiger partial charge in [-0.1, -0.05) is 34.8 Å². The molecule has 0 aliphatic carbocycles. The van der Waals surface area contributed by atoms with Crippen molar-refractivity contribution in [3.8, 4) is 0 Å². The van der Waals surface area contributed by atoms with Crippen LogP contribution in [0.15, 0.2) is 12.1 Å². The number of halogens is 3. The molecule has 1 aromatic rings. The van der Waals surface area contributed by atoms with Gasteiger partial charge in [-0.15, -0.1) is 0 Å². The topological polar surface area (TPSA) is 17.1 Å². The summed E-state index contributed by atoms with van der Waals surface area (Å²) in [6.07, 6.45) is 0. The minimum atomic E-state index is -0.165. The Bertz CT molecular complexity index is 310. The number of carbonyl (C=O) groups is 1. The molecule has 0 heterocycles. The standard InChI is InChI=1S/C8H5Cl3O/c1-4(12)8-6(10)2-5(9)3-7(8)11/h2-3H,1H3. The van der Waals surface area contributed by atoms with Gasteiger partial charge in [-0.05, 0) is 19.1 Å². The van der Waals surface area contributed by atoms with Crippen LogP contribution in [0.5, 0.6) is 0 Å². The van der Waals surface area contributed by atoms with Gasteiger partial charge in [0.1, 0.15) is 0 Å². The Morgan fingerprint density at radius 3 is 1.92 bits per heavy atom. The molecule has 0 unspecified atom stereocenters. The van der Waals surface area contributed by atoms with Gasteiger partial charge in [-0.3, -0.25) is 4.79 Å². The van der Waals surface area contributed by atoms with Gasteiger partial charge in [-0.25, -0.2) is 0 Å². The van der Waals surface area contributed by atoms with Gasteiger partial charge in [0, 0.05) is 5.02 Å². The molecule has 0 N–H and O–H groups in total. The zero-order valence-corrected chi connectivity index (χ0v) is 8.46. The molecule has 0 fully saturated rings. The summed E-state index contributed by atoms with van der Waals surface area (Å²) in [5.41, 5.74) is 0.322. The molecule has 0 aromatic heterocycles. The molecule has 1 rings (SSSR count). The van der Waals surface area contributed by atoms with Crippen LogP contribution in [0.1, 0.15) is 17.3 Å². The first kappa shape index (κ1) is 9.85. The van der Waals surface area contributed by atoms with Crippen LogP contribution in [-0.4, -0.2) is 5.78 Å². The summed E-state index contributed by atoms with van der Waals surface area (Å²) in [6, 6.07) is 2.98. The SMILES string of the molecule is CC(=O)c1c(Cl)cc(Cl)cc1Cl. The lowest BCUT2D eigenvalue weighted by Gasteiger charge is -2.02. The van der Waals surface area contributed by atoms with E-state index in [-0.39, 0.29) is 5.78 Å². The van der Waals surface area contributed by atoms with Crippen molar-refractivity contribution in [1.29, 1.82) is 0 Å². The molecule has 0 aliphatic heterocycles. The van der Waals surface area contributed by atoms with Crippen molar-refractivity contribution >= 4 is 40.6 Å². The monoisotopic (exact) mass is 222 g/mol. The van der Waals surface area contributed by atoms with Crippen molar-refractivity contribution in [3.05, 3.63) is 32.8 Å². The number of ketones is 1. The van der Waals surface area contributed by atoms with Crippen LogP contribution in [0.2, 0.25) is 15.1 Å². The number of benzene rings is 1. The molecule has 0 saturated heterocycles. The van der Waals surface area contributed by atoms with Gasteiger partial charge in [0.25, 0.3) is 0 Å². The van der Waals surface area contributed by atoms with Crippen molar-refractivity contribution in [1.82, 2.24) is 0 Å². The summed E-state index contributed by atoms with van der Waals surface area (Å²) in [5.74, 6) is -0.165. The zero-order valence-electron chi connectivity index (χ0n) is 6.20. The average molecular weight is 223 g/mol. The lowest BCUT2D eigenvalue weighted by molar-refractivity contribution is 0.101. The maximum Gasteiger partial charge on any atom is 0.162 e. The molecule has 1 nitrogen and oxygen atoms in total. The van der Waals surface area contributed by atoms with E-state index in [1.54, 1.807) is 0 Å². The first-order valence-corrected chi connectivity index (χ1v) is 4.31. The van der Waals surface area contributed by atoms with E-state index in [9.17, 15) is 4.79 Å². The summed E-state index contributed by atoms with van der Waals surface area (Å²) in [6.45, 7) is 1.40. The lowest BCUT2D eigenvalue weighted by atomic mass is 10.1. The van der Waals surface area contributed by atoms with Crippen LogP contribution >= 0.6 is 34.8 Å². The van der Waals surface area contributed by atoms with E-state index in [1.807, 2.05) is 0 Å². The van der Waals surface area contributed by atoms with Crippen LogP contribution in [0.4, 0.5) is 0 Å². The quantitative estimate of drug-likeness (QED) is 0.661. The number of hydrogen-bond acceptors (Lipinski definition) is 1. The Morgan fingerprint density at radius 1 is 1.17 bits per heavy atom. The molecular weight excluding hydrogens is 218 g/mol. The first-order chi connectivity index (χ1) is 5.52. The van der Waals surface area contributed by atoms with Crippen molar-refractivity contribution in [2.45, 2.75) is 6.92 Å². The zero-order chi connectivity index (χ0) is 9.30. The third-order valence-electron chi connectivity index (χ3n) is 1.36. The molecule has 64 valence electrons. The van der Waals surface area contributed by atoms with Gasteiger partial charge in [0.05, 0.1) is 15.6 Å². The molecule has 1 aromatic carbocycles. The van der Waals surface area contributed by atoms with Gasteiger partial charge >= 0.3 is 0 Å². The Hall–Kier alpha value is -0.240. The number of rotatable bonds is 1. The predicted molar refractivity (Wildman–Crippen MR) is 51.5 cm³/mol. The second kappa shape index (κ2) is 3.65. The average Bonchev–Trinajstić information content (AvgIpc) is 1.82. The second-order valence-electron chi connectivity index (χ2n) is 2.30. The van der Waals surface area contributed by atoms with E-state index in [0.29, 0.717) is 20.6 Å². The highest BCUT2D eigenvalue weighted by molar-refractivity contribution is 6.42. The molecule has 0 amide bonds. The fraction of sp³-hybridized carbons (Fsp3) is 0.125. The minimum absolute atomic E-state index is 0.165. The molecule has 0 radical (unpaired) electrons. The van der Waals surface area contributed by atoms with Gasteiger partial charge in [0.2, 0.25) is 0 Å². The van der Waals surface area contributed by atoms with Crippen LogP contribution in [0.3, 0.4) is 0 Å². The molecule has 0 spiro atoms. The normalized spacial score (nSPS) is 10.0. The summed E-state index contributed by atoms with van der Waals surface area (Å²) in [5, 5.41) is 1.01. The Kier molecular flexibility index (Phi) is 2.99. The first-order valence-electron chi connectivity index (χ1n) is 3.18. The Labute approximate surface area is 85.2 Å². The Morgan fingerprint density at radius 2 is 1.58 bits per heavy atom.